The Morgan fingerprint density at radius 1 is 1.39 bits per heavy atom. The average Bonchev–Trinajstić information content (AvgIpc) is 2.93. The number of ether oxygens (including phenoxy) is 1. The SMILES string of the molecule is C=C1Nc2nnnn2C(c2ccc(Cl)cc2)C1C(=O)OC(C)C. The fourth-order valence-corrected chi connectivity index (χ4v) is 2.71. The molecule has 0 bridgehead atoms. The molecule has 1 aromatic carbocycles. The lowest BCUT2D eigenvalue weighted by Gasteiger charge is -2.32. The summed E-state index contributed by atoms with van der Waals surface area (Å²) in [7, 11) is 0. The zero-order chi connectivity index (χ0) is 16.6. The Hall–Kier alpha value is -2.41. The van der Waals surface area contributed by atoms with Gasteiger partial charge in [-0.1, -0.05) is 35.4 Å². The number of aromatic nitrogens is 4. The molecule has 8 heteroatoms. The number of halogens is 1. The van der Waals surface area contributed by atoms with Gasteiger partial charge in [0, 0.05) is 10.7 Å². The molecule has 2 unspecified atom stereocenters. The molecule has 0 saturated carbocycles. The number of benzene rings is 1. The summed E-state index contributed by atoms with van der Waals surface area (Å²) in [5, 5.41) is 15.1. The number of hydrogen-bond donors (Lipinski definition) is 1. The predicted molar refractivity (Wildman–Crippen MR) is 84.9 cm³/mol. The van der Waals surface area contributed by atoms with E-state index >= 15 is 0 Å². The summed E-state index contributed by atoms with van der Waals surface area (Å²) in [5.41, 5.74) is 1.34. The molecule has 7 nitrogen and oxygen atoms in total. The van der Waals surface area contributed by atoms with Gasteiger partial charge in [0.05, 0.1) is 6.10 Å². The van der Waals surface area contributed by atoms with E-state index in [1.165, 1.54) is 0 Å². The van der Waals surface area contributed by atoms with Crippen molar-refractivity contribution in [3.05, 3.63) is 47.1 Å². The van der Waals surface area contributed by atoms with Crippen LogP contribution in [0.3, 0.4) is 0 Å². The lowest BCUT2D eigenvalue weighted by Crippen LogP contribution is -2.38. The van der Waals surface area contributed by atoms with Crippen LogP contribution in [0.2, 0.25) is 5.02 Å². The molecule has 2 aromatic rings. The highest BCUT2D eigenvalue weighted by Crippen LogP contribution is 2.37. The first kappa shape index (κ1) is 15.5. The van der Waals surface area contributed by atoms with Crippen molar-refractivity contribution in [1.29, 1.82) is 0 Å². The number of carbonyl (C=O) groups is 1. The number of tetrazole rings is 1. The number of nitrogens with zero attached hydrogens (tertiary/aromatic N) is 4. The first-order valence-electron chi connectivity index (χ1n) is 7.17. The number of nitrogens with one attached hydrogen (secondary N) is 1. The quantitative estimate of drug-likeness (QED) is 0.869. The lowest BCUT2D eigenvalue weighted by atomic mass is 9.89. The van der Waals surface area contributed by atoms with Gasteiger partial charge in [-0.05, 0) is 42.0 Å². The Morgan fingerprint density at radius 3 is 2.74 bits per heavy atom. The van der Waals surface area contributed by atoms with Gasteiger partial charge in [0.15, 0.2) is 0 Å². The van der Waals surface area contributed by atoms with Crippen molar-refractivity contribution >= 4 is 23.5 Å². The third-order valence-electron chi connectivity index (χ3n) is 3.54. The third-order valence-corrected chi connectivity index (χ3v) is 3.79. The number of esters is 1. The highest BCUT2D eigenvalue weighted by Gasteiger charge is 2.41. The van der Waals surface area contributed by atoms with Crippen LogP contribution in [0.5, 0.6) is 0 Å². The summed E-state index contributed by atoms with van der Waals surface area (Å²) in [6.07, 6.45) is -0.226. The summed E-state index contributed by atoms with van der Waals surface area (Å²) in [6, 6.07) is 6.75. The summed E-state index contributed by atoms with van der Waals surface area (Å²) in [4.78, 5) is 12.6. The molecule has 2 heterocycles. The van der Waals surface area contributed by atoms with E-state index in [9.17, 15) is 4.79 Å². The second-order valence-electron chi connectivity index (χ2n) is 5.56. The fraction of sp³-hybridized carbons (Fsp3) is 0.333. The molecule has 0 saturated heterocycles. The smallest absolute Gasteiger partial charge is 0.317 e. The van der Waals surface area contributed by atoms with Crippen LogP contribution in [0.1, 0.15) is 25.5 Å². The second-order valence-corrected chi connectivity index (χ2v) is 5.99. The molecule has 1 aliphatic rings. The lowest BCUT2D eigenvalue weighted by molar-refractivity contribution is -0.152. The van der Waals surface area contributed by atoms with Crippen molar-refractivity contribution in [2.75, 3.05) is 5.32 Å². The molecule has 1 aliphatic heterocycles. The first-order chi connectivity index (χ1) is 11.0. The standard InChI is InChI=1S/C15H16ClN5O2/c1-8(2)23-14(22)12-9(3)17-15-18-19-20-21(15)13(12)10-4-6-11(16)7-5-10/h4-8,12-13H,3H2,1-2H3,(H,17,18,20). The van der Waals surface area contributed by atoms with Crippen LogP contribution in [0, 0.1) is 5.92 Å². The Labute approximate surface area is 138 Å². The second kappa shape index (κ2) is 6.00. The van der Waals surface area contributed by atoms with Gasteiger partial charge in [-0.2, -0.15) is 0 Å². The monoisotopic (exact) mass is 333 g/mol. The Bertz CT molecular complexity index is 741. The van der Waals surface area contributed by atoms with Gasteiger partial charge in [0.1, 0.15) is 12.0 Å². The molecule has 0 amide bonds. The Morgan fingerprint density at radius 2 is 2.09 bits per heavy atom. The molecule has 1 aromatic heterocycles. The van der Waals surface area contributed by atoms with E-state index in [2.05, 4.69) is 27.4 Å². The van der Waals surface area contributed by atoms with Gasteiger partial charge >= 0.3 is 5.97 Å². The molecular weight excluding hydrogens is 318 g/mol. The minimum atomic E-state index is -0.644. The number of rotatable bonds is 3. The van der Waals surface area contributed by atoms with Gasteiger partial charge in [-0.15, -0.1) is 0 Å². The summed E-state index contributed by atoms with van der Waals surface area (Å²) in [5.74, 6) is -0.586. The number of hydrogen-bond acceptors (Lipinski definition) is 6. The average molecular weight is 334 g/mol. The van der Waals surface area contributed by atoms with Crippen molar-refractivity contribution in [3.63, 3.8) is 0 Å². The number of carbonyl (C=O) groups excluding carboxylic acids is 1. The normalized spacial score (nSPS) is 20.1. The minimum absolute atomic E-state index is 0.226. The summed E-state index contributed by atoms with van der Waals surface area (Å²) < 4.78 is 6.94. The molecule has 0 aliphatic carbocycles. The van der Waals surface area contributed by atoms with Crippen molar-refractivity contribution in [2.45, 2.75) is 26.0 Å². The van der Waals surface area contributed by atoms with Crippen LogP contribution in [0.15, 0.2) is 36.5 Å². The molecule has 1 N–H and O–H groups in total. The minimum Gasteiger partial charge on any atom is -0.462 e. The van der Waals surface area contributed by atoms with Crippen LogP contribution in [-0.2, 0) is 9.53 Å². The topological polar surface area (TPSA) is 81.9 Å². The number of fused-ring (bicyclic) bond motifs is 1. The third kappa shape index (κ3) is 2.92. The summed E-state index contributed by atoms with van der Waals surface area (Å²) >= 11 is 5.96. The maximum atomic E-state index is 12.6. The summed E-state index contributed by atoms with van der Waals surface area (Å²) in [6.45, 7) is 7.55. The molecule has 3 rings (SSSR count). The molecule has 23 heavy (non-hydrogen) atoms. The maximum absolute atomic E-state index is 12.6. The van der Waals surface area contributed by atoms with Crippen LogP contribution in [-0.4, -0.2) is 32.3 Å². The van der Waals surface area contributed by atoms with Crippen LogP contribution >= 0.6 is 11.6 Å². The van der Waals surface area contributed by atoms with Crippen molar-refractivity contribution in [2.24, 2.45) is 5.92 Å². The zero-order valence-electron chi connectivity index (χ0n) is 12.7. The predicted octanol–water partition coefficient (Wildman–Crippen LogP) is 2.42. The Kier molecular flexibility index (Phi) is 4.04. The largest absolute Gasteiger partial charge is 0.462 e. The van der Waals surface area contributed by atoms with Crippen LogP contribution in [0.4, 0.5) is 5.95 Å². The van der Waals surface area contributed by atoms with Gasteiger partial charge in [0.2, 0.25) is 5.95 Å². The molecule has 2 atom stereocenters. The van der Waals surface area contributed by atoms with E-state index in [0.717, 1.165) is 5.56 Å². The van der Waals surface area contributed by atoms with Gasteiger partial charge in [0.25, 0.3) is 0 Å². The fourth-order valence-electron chi connectivity index (χ4n) is 2.59. The van der Waals surface area contributed by atoms with Crippen LogP contribution < -0.4 is 5.32 Å². The van der Waals surface area contributed by atoms with E-state index in [0.29, 0.717) is 16.7 Å². The van der Waals surface area contributed by atoms with E-state index < -0.39 is 12.0 Å². The van der Waals surface area contributed by atoms with Gasteiger partial charge < -0.3 is 10.1 Å². The molecule has 0 spiro atoms. The van der Waals surface area contributed by atoms with E-state index in [1.807, 2.05) is 12.1 Å². The first-order valence-corrected chi connectivity index (χ1v) is 7.55. The number of anilines is 1. The molecular formula is C15H16ClN5O2. The molecule has 0 radical (unpaired) electrons. The van der Waals surface area contributed by atoms with Gasteiger partial charge in [-0.25, -0.2) is 4.68 Å². The van der Waals surface area contributed by atoms with Crippen molar-refractivity contribution in [1.82, 2.24) is 20.2 Å². The van der Waals surface area contributed by atoms with Crippen molar-refractivity contribution in [3.8, 4) is 0 Å². The van der Waals surface area contributed by atoms with Crippen molar-refractivity contribution < 1.29 is 9.53 Å². The van der Waals surface area contributed by atoms with Gasteiger partial charge in [-0.3, -0.25) is 4.79 Å². The zero-order valence-corrected chi connectivity index (χ0v) is 13.5. The Balaban J connectivity index is 2.07. The van der Waals surface area contributed by atoms with E-state index in [1.54, 1.807) is 30.7 Å². The molecule has 120 valence electrons. The van der Waals surface area contributed by atoms with Crippen LogP contribution in [0.25, 0.3) is 0 Å². The highest BCUT2D eigenvalue weighted by molar-refractivity contribution is 6.30. The highest BCUT2D eigenvalue weighted by atomic mass is 35.5. The van der Waals surface area contributed by atoms with E-state index in [-0.39, 0.29) is 12.1 Å². The van der Waals surface area contributed by atoms with E-state index in [4.69, 9.17) is 16.3 Å². The molecule has 0 fully saturated rings. The maximum Gasteiger partial charge on any atom is 0.317 e.